The van der Waals surface area contributed by atoms with E-state index in [9.17, 15) is 4.79 Å². The summed E-state index contributed by atoms with van der Waals surface area (Å²) in [6.45, 7) is 5.15. The number of carbonyl (C=O) groups excluding carboxylic acids is 1. The van der Waals surface area contributed by atoms with Crippen molar-refractivity contribution in [3.05, 3.63) is 78.8 Å². The smallest absolute Gasteiger partial charge is 0.301 e. The van der Waals surface area contributed by atoms with Gasteiger partial charge in [0.1, 0.15) is 30.3 Å². The molecule has 9 heteroatoms. The predicted octanol–water partition coefficient (Wildman–Crippen LogP) is 4.79. The highest BCUT2D eigenvalue weighted by molar-refractivity contribution is 6.04. The first kappa shape index (κ1) is 27.1. The average Bonchev–Trinajstić information content (AvgIpc) is 3.00. The summed E-state index contributed by atoms with van der Waals surface area (Å²) in [6, 6.07) is 19.4. The van der Waals surface area contributed by atoms with Crippen LogP contribution < -0.4 is 15.4 Å². The van der Waals surface area contributed by atoms with Crippen LogP contribution in [0.5, 0.6) is 5.75 Å². The van der Waals surface area contributed by atoms with E-state index in [1.807, 2.05) is 54.6 Å². The molecule has 1 saturated heterocycles. The lowest BCUT2D eigenvalue weighted by atomic mass is 10.2. The van der Waals surface area contributed by atoms with Gasteiger partial charge >= 0.3 is 5.91 Å². The lowest BCUT2D eigenvalue weighted by Gasteiger charge is -2.26. The molecule has 2 aromatic heterocycles. The minimum absolute atomic E-state index is 0.390. The van der Waals surface area contributed by atoms with Crippen molar-refractivity contribution >= 4 is 34.1 Å². The summed E-state index contributed by atoms with van der Waals surface area (Å²) in [6.07, 6.45) is 5.78. The van der Waals surface area contributed by atoms with Gasteiger partial charge in [-0.15, -0.1) is 0 Å². The van der Waals surface area contributed by atoms with Crippen molar-refractivity contribution in [3.63, 3.8) is 0 Å². The number of unbranched alkanes of at least 4 members (excludes halogenated alkanes) is 2. The maximum Gasteiger partial charge on any atom is 0.301 e. The minimum atomic E-state index is -0.391. The number of rotatable bonds is 10. The number of carbonyl (C=O) groups is 1. The number of amides is 1. The molecule has 9 nitrogen and oxygen atoms in total. The van der Waals surface area contributed by atoms with Gasteiger partial charge in [0.25, 0.3) is 0 Å². The van der Waals surface area contributed by atoms with Gasteiger partial charge in [-0.2, -0.15) is 0 Å². The number of nitrogens with zero attached hydrogens (tertiary/aromatic N) is 4. The summed E-state index contributed by atoms with van der Waals surface area (Å²) >= 11 is 0. The van der Waals surface area contributed by atoms with E-state index in [2.05, 4.69) is 42.3 Å². The van der Waals surface area contributed by atoms with Crippen LogP contribution in [0.4, 0.5) is 17.3 Å². The van der Waals surface area contributed by atoms with Crippen LogP contribution in [-0.4, -0.2) is 58.6 Å². The summed E-state index contributed by atoms with van der Waals surface area (Å²) in [5.41, 5.74) is 2.61. The van der Waals surface area contributed by atoms with Crippen LogP contribution in [0, 0.1) is 11.8 Å². The fraction of sp³-hybridized carbons (Fsp3) is 0.290. The standard InChI is InChI=1S/C31H32N6O3/c38-30(10-6-1-2-7-15-37-16-18-39-19-17-37)36-29-20-27-28(21-32-29)33-23-34-31(27)35-25-11-13-26(14-12-25)40-22-24-8-4-3-5-9-24/h3-5,8-9,11-14,20-21,23H,1-2,7,15-19,22H2,(H,32,36,38)(H,33,34,35). The molecule has 1 amide bonds. The summed E-state index contributed by atoms with van der Waals surface area (Å²) in [5, 5.41) is 6.81. The second kappa shape index (κ2) is 14.0. The second-order valence-corrected chi connectivity index (χ2v) is 9.40. The second-order valence-electron chi connectivity index (χ2n) is 9.40. The monoisotopic (exact) mass is 536 g/mol. The van der Waals surface area contributed by atoms with E-state index in [1.165, 1.54) is 6.33 Å². The van der Waals surface area contributed by atoms with Gasteiger partial charge in [-0.25, -0.2) is 15.0 Å². The quantitative estimate of drug-likeness (QED) is 0.220. The van der Waals surface area contributed by atoms with Crippen LogP contribution in [0.1, 0.15) is 24.8 Å². The largest absolute Gasteiger partial charge is 0.489 e. The Morgan fingerprint density at radius 3 is 2.65 bits per heavy atom. The molecule has 1 aliphatic rings. The number of fused-ring (bicyclic) bond motifs is 1. The number of hydrogen-bond acceptors (Lipinski definition) is 8. The number of hydrogen-bond donors (Lipinski definition) is 2. The Balaban J connectivity index is 1.14. The SMILES string of the molecule is O=C(C#CCCCCN1CCOCC1)Nc1cc2c(Nc3ccc(OCc4ccccc4)cc3)ncnc2cn1. The Bertz CT molecular complexity index is 1460. The van der Waals surface area contributed by atoms with Crippen molar-refractivity contribution < 1.29 is 14.3 Å². The first-order chi connectivity index (χ1) is 19.7. The van der Waals surface area contributed by atoms with Crippen LogP contribution in [0.3, 0.4) is 0 Å². The van der Waals surface area contributed by atoms with Gasteiger partial charge < -0.3 is 14.8 Å². The molecule has 0 atom stereocenters. The molecule has 2 aromatic carbocycles. The Kier molecular flexibility index (Phi) is 9.49. The molecule has 0 aliphatic carbocycles. The number of morpholine rings is 1. The number of pyridine rings is 1. The molecular weight excluding hydrogens is 504 g/mol. The highest BCUT2D eigenvalue weighted by Crippen LogP contribution is 2.26. The predicted molar refractivity (Wildman–Crippen MR) is 155 cm³/mol. The van der Waals surface area contributed by atoms with Crippen molar-refractivity contribution in [2.45, 2.75) is 25.9 Å². The normalized spacial score (nSPS) is 13.3. The number of ether oxygens (including phenoxy) is 2. The maximum atomic E-state index is 12.4. The van der Waals surface area contributed by atoms with Gasteiger partial charge in [0.05, 0.1) is 24.9 Å². The number of anilines is 3. The third-order valence-corrected chi connectivity index (χ3v) is 6.46. The Hall–Kier alpha value is -4.52. The third kappa shape index (κ3) is 7.99. The van der Waals surface area contributed by atoms with Gasteiger partial charge in [0.15, 0.2) is 0 Å². The molecule has 0 spiro atoms. The molecular formula is C31H32N6O3. The molecule has 0 bridgehead atoms. The van der Waals surface area contributed by atoms with Crippen LogP contribution in [0.2, 0.25) is 0 Å². The van der Waals surface area contributed by atoms with Crippen molar-refractivity contribution in [1.82, 2.24) is 19.9 Å². The van der Waals surface area contributed by atoms with Gasteiger partial charge in [-0.3, -0.25) is 15.0 Å². The summed E-state index contributed by atoms with van der Waals surface area (Å²) in [7, 11) is 0. The first-order valence-corrected chi connectivity index (χ1v) is 13.5. The number of nitrogens with one attached hydrogen (secondary N) is 2. The molecule has 5 rings (SSSR count). The van der Waals surface area contributed by atoms with Crippen molar-refractivity contribution in [2.24, 2.45) is 0 Å². The van der Waals surface area contributed by atoms with Gasteiger partial charge in [-0.1, -0.05) is 36.3 Å². The van der Waals surface area contributed by atoms with Crippen molar-refractivity contribution in [2.75, 3.05) is 43.5 Å². The molecule has 40 heavy (non-hydrogen) atoms. The van der Waals surface area contributed by atoms with Gasteiger partial charge in [-0.05, 0) is 61.2 Å². The van der Waals surface area contributed by atoms with E-state index in [-0.39, 0.29) is 0 Å². The van der Waals surface area contributed by atoms with Gasteiger partial charge in [0, 0.05) is 30.6 Å². The topological polar surface area (TPSA) is 102 Å². The first-order valence-electron chi connectivity index (χ1n) is 13.5. The maximum absolute atomic E-state index is 12.4. The molecule has 0 radical (unpaired) electrons. The number of aromatic nitrogens is 3. The third-order valence-electron chi connectivity index (χ3n) is 6.46. The van der Waals surface area contributed by atoms with E-state index >= 15 is 0 Å². The molecule has 4 aromatic rings. The van der Waals surface area contributed by atoms with Crippen LogP contribution in [0.25, 0.3) is 10.9 Å². The molecule has 2 N–H and O–H groups in total. The van der Waals surface area contributed by atoms with Crippen LogP contribution >= 0.6 is 0 Å². The zero-order chi connectivity index (χ0) is 27.4. The fourth-order valence-corrected chi connectivity index (χ4v) is 4.30. The van der Waals surface area contributed by atoms with Crippen molar-refractivity contribution in [3.8, 4) is 17.6 Å². The Morgan fingerprint density at radius 1 is 1.00 bits per heavy atom. The molecule has 1 aliphatic heterocycles. The van der Waals surface area contributed by atoms with E-state index < -0.39 is 5.91 Å². The van der Waals surface area contributed by atoms with E-state index in [1.54, 1.807) is 12.3 Å². The minimum Gasteiger partial charge on any atom is -0.489 e. The van der Waals surface area contributed by atoms with Crippen LogP contribution in [0.15, 0.2) is 73.2 Å². The highest BCUT2D eigenvalue weighted by Gasteiger charge is 2.10. The highest BCUT2D eigenvalue weighted by atomic mass is 16.5. The summed E-state index contributed by atoms with van der Waals surface area (Å²) in [4.78, 5) is 27.8. The Morgan fingerprint density at radius 2 is 1.82 bits per heavy atom. The molecule has 204 valence electrons. The summed E-state index contributed by atoms with van der Waals surface area (Å²) in [5.74, 6) is 7.01. The molecule has 3 heterocycles. The van der Waals surface area contributed by atoms with E-state index in [4.69, 9.17) is 9.47 Å². The van der Waals surface area contributed by atoms with E-state index in [0.29, 0.717) is 30.2 Å². The average molecular weight is 537 g/mol. The summed E-state index contributed by atoms with van der Waals surface area (Å²) < 4.78 is 11.2. The van der Waals surface area contributed by atoms with Crippen molar-refractivity contribution in [1.29, 1.82) is 0 Å². The number of benzene rings is 2. The lowest BCUT2D eigenvalue weighted by Crippen LogP contribution is -2.36. The van der Waals surface area contributed by atoms with Crippen LogP contribution in [-0.2, 0) is 16.1 Å². The molecule has 0 saturated carbocycles. The Labute approximate surface area is 234 Å². The van der Waals surface area contributed by atoms with Gasteiger partial charge in [0.2, 0.25) is 0 Å². The molecule has 0 unspecified atom stereocenters. The molecule has 1 fully saturated rings. The fourth-order valence-electron chi connectivity index (χ4n) is 4.30. The lowest BCUT2D eigenvalue weighted by molar-refractivity contribution is -0.111. The van der Waals surface area contributed by atoms with E-state index in [0.717, 1.165) is 68.1 Å². The zero-order valence-corrected chi connectivity index (χ0v) is 22.3. The zero-order valence-electron chi connectivity index (χ0n) is 22.3.